The van der Waals surface area contributed by atoms with Crippen molar-refractivity contribution in [3.05, 3.63) is 46.2 Å². The third-order valence-corrected chi connectivity index (χ3v) is 3.66. The summed E-state index contributed by atoms with van der Waals surface area (Å²) >= 11 is 3.57. The molecule has 1 heterocycles. The zero-order chi connectivity index (χ0) is 14.5. The molecule has 108 valence electrons. The fourth-order valence-corrected chi connectivity index (χ4v) is 2.19. The molecule has 0 atom stereocenters. The molecule has 4 nitrogen and oxygen atoms in total. The lowest BCUT2D eigenvalue weighted by atomic mass is 10.2. The topological polar surface area (TPSA) is 39.1 Å². The summed E-state index contributed by atoms with van der Waals surface area (Å²) in [6.07, 6.45) is 3.78. The highest BCUT2D eigenvalue weighted by Gasteiger charge is 2.04. The van der Waals surface area contributed by atoms with Crippen LogP contribution in [0.4, 0.5) is 0 Å². The van der Waals surface area contributed by atoms with Gasteiger partial charge in [-0.3, -0.25) is 4.68 Å². The van der Waals surface area contributed by atoms with Gasteiger partial charge in [-0.1, -0.05) is 29.8 Å². The van der Waals surface area contributed by atoms with E-state index in [9.17, 15) is 0 Å². The van der Waals surface area contributed by atoms with Crippen molar-refractivity contribution < 1.29 is 4.74 Å². The molecule has 1 N–H and O–H groups in total. The Labute approximate surface area is 128 Å². The summed E-state index contributed by atoms with van der Waals surface area (Å²) in [4.78, 5) is 0. The van der Waals surface area contributed by atoms with Crippen LogP contribution in [0.25, 0.3) is 0 Å². The van der Waals surface area contributed by atoms with Gasteiger partial charge in [-0.2, -0.15) is 5.10 Å². The van der Waals surface area contributed by atoms with Gasteiger partial charge in [0, 0.05) is 35.9 Å². The number of ether oxygens (including phenoxy) is 1. The molecule has 0 aliphatic carbocycles. The summed E-state index contributed by atoms with van der Waals surface area (Å²) in [6.45, 7) is 5.63. The highest BCUT2D eigenvalue weighted by atomic mass is 79.9. The molecule has 0 aliphatic heterocycles. The van der Waals surface area contributed by atoms with E-state index >= 15 is 0 Å². The zero-order valence-electron chi connectivity index (χ0n) is 12.1. The first-order valence-electron chi connectivity index (χ1n) is 6.66. The molecule has 0 saturated heterocycles. The zero-order valence-corrected chi connectivity index (χ0v) is 13.6. The first-order valence-corrected chi connectivity index (χ1v) is 7.46. The van der Waals surface area contributed by atoms with E-state index in [1.807, 2.05) is 31.6 Å². The number of aryl methyl sites for hydroxylation is 1. The minimum Gasteiger partial charge on any atom is -0.489 e. The van der Waals surface area contributed by atoms with Crippen LogP contribution in [0.15, 0.2) is 35.1 Å². The fraction of sp³-hybridized carbons (Fsp3) is 0.400. The Bertz CT molecular complexity index is 566. The number of hydrogen-bond acceptors (Lipinski definition) is 3. The standard InChI is InChI=1S/C15H20BrN3O/c1-11(2)17-8-13-6-14(4-5-15(13)16)20-10-12-7-18-19(3)9-12/h4-7,9,11,17H,8,10H2,1-3H3. The number of benzene rings is 1. The monoisotopic (exact) mass is 337 g/mol. The Morgan fingerprint density at radius 1 is 1.40 bits per heavy atom. The van der Waals surface area contributed by atoms with Crippen LogP contribution in [0, 0.1) is 0 Å². The maximum absolute atomic E-state index is 5.81. The lowest BCUT2D eigenvalue weighted by Gasteiger charge is -2.12. The summed E-state index contributed by atoms with van der Waals surface area (Å²) in [5.41, 5.74) is 2.26. The molecular weight excluding hydrogens is 318 g/mol. The molecule has 2 rings (SSSR count). The van der Waals surface area contributed by atoms with Crippen LogP contribution < -0.4 is 10.1 Å². The molecule has 0 spiro atoms. The van der Waals surface area contributed by atoms with Gasteiger partial charge in [0.15, 0.2) is 0 Å². The number of halogens is 1. The van der Waals surface area contributed by atoms with Crippen molar-refractivity contribution in [2.45, 2.75) is 33.0 Å². The molecule has 0 aliphatic rings. The van der Waals surface area contributed by atoms with Gasteiger partial charge in [-0.05, 0) is 23.8 Å². The van der Waals surface area contributed by atoms with E-state index in [1.54, 1.807) is 4.68 Å². The SMILES string of the molecule is CC(C)NCc1cc(OCc2cnn(C)c2)ccc1Br. The lowest BCUT2D eigenvalue weighted by molar-refractivity contribution is 0.305. The molecule has 0 amide bonds. The largest absolute Gasteiger partial charge is 0.489 e. The Hall–Kier alpha value is -1.33. The summed E-state index contributed by atoms with van der Waals surface area (Å²) < 4.78 is 8.68. The van der Waals surface area contributed by atoms with Gasteiger partial charge in [-0.15, -0.1) is 0 Å². The van der Waals surface area contributed by atoms with Crippen LogP contribution in [0.5, 0.6) is 5.75 Å². The van der Waals surface area contributed by atoms with E-state index in [0.29, 0.717) is 12.6 Å². The number of hydrogen-bond donors (Lipinski definition) is 1. The molecule has 5 heteroatoms. The second-order valence-electron chi connectivity index (χ2n) is 5.10. The number of nitrogens with one attached hydrogen (secondary N) is 1. The Morgan fingerprint density at radius 2 is 2.20 bits per heavy atom. The van der Waals surface area contributed by atoms with Crippen molar-refractivity contribution in [3.8, 4) is 5.75 Å². The predicted molar refractivity (Wildman–Crippen MR) is 83.7 cm³/mol. The highest BCUT2D eigenvalue weighted by molar-refractivity contribution is 9.10. The summed E-state index contributed by atoms with van der Waals surface area (Å²) in [6, 6.07) is 6.52. The van der Waals surface area contributed by atoms with E-state index in [-0.39, 0.29) is 0 Å². The van der Waals surface area contributed by atoms with E-state index in [2.05, 4.69) is 46.3 Å². The Morgan fingerprint density at radius 3 is 2.85 bits per heavy atom. The highest BCUT2D eigenvalue weighted by Crippen LogP contribution is 2.23. The van der Waals surface area contributed by atoms with Crippen molar-refractivity contribution in [2.75, 3.05) is 0 Å². The van der Waals surface area contributed by atoms with Crippen molar-refractivity contribution in [3.63, 3.8) is 0 Å². The fourth-order valence-electron chi connectivity index (χ4n) is 1.80. The molecule has 0 bridgehead atoms. The summed E-state index contributed by atoms with van der Waals surface area (Å²) in [5, 5.41) is 7.54. The molecular formula is C15H20BrN3O. The molecule has 2 aromatic rings. The van der Waals surface area contributed by atoms with Crippen molar-refractivity contribution in [1.29, 1.82) is 0 Å². The number of aromatic nitrogens is 2. The molecule has 0 unspecified atom stereocenters. The first-order chi connectivity index (χ1) is 9.54. The van der Waals surface area contributed by atoms with Gasteiger partial charge in [0.1, 0.15) is 12.4 Å². The summed E-state index contributed by atoms with van der Waals surface area (Å²) in [5.74, 6) is 0.873. The third kappa shape index (κ3) is 4.35. The minimum absolute atomic E-state index is 0.460. The van der Waals surface area contributed by atoms with Gasteiger partial charge < -0.3 is 10.1 Å². The smallest absolute Gasteiger partial charge is 0.120 e. The van der Waals surface area contributed by atoms with Crippen LogP contribution in [0.1, 0.15) is 25.0 Å². The van der Waals surface area contributed by atoms with E-state index in [0.717, 1.165) is 22.3 Å². The third-order valence-electron chi connectivity index (χ3n) is 2.88. The molecule has 0 radical (unpaired) electrons. The summed E-state index contributed by atoms with van der Waals surface area (Å²) in [7, 11) is 1.90. The van der Waals surface area contributed by atoms with Crippen molar-refractivity contribution in [1.82, 2.24) is 15.1 Å². The van der Waals surface area contributed by atoms with Crippen LogP contribution in [0.2, 0.25) is 0 Å². The quantitative estimate of drug-likeness (QED) is 0.879. The van der Waals surface area contributed by atoms with E-state index < -0.39 is 0 Å². The normalized spacial score (nSPS) is 11.1. The first kappa shape index (κ1) is 15.1. The second-order valence-corrected chi connectivity index (χ2v) is 5.95. The van der Waals surface area contributed by atoms with E-state index in [4.69, 9.17) is 4.74 Å². The molecule has 1 aromatic heterocycles. The van der Waals surface area contributed by atoms with Gasteiger partial charge in [0.05, 0.1) is 6.20 Å². The maximum atomic E-state index is 5.81. The van der Waals surface area contributed by atoms with Crippen molar-refractivity contribution >= 4 is 15.9 Å². The van der Waals surface area contributed by atoms with Crippen LogP contribution in [-0.2, 0) is 20.2 Å². The van der Waals surface area contributed by atoms with Crippen molar-refractivity contribution in [2.24, 2.45) is 7.05 Å². The lowest BCUT2D eigenvalue weighted by Crippen LogP contribution is -2.22. The van der Waals surface area contributed by atoms with Crippen LogP contribution >= 0.6 is 15.9 Å². The van der Waals surface area contributed by atoms with Gasteiger partial charge >= 0.3 is 0 Å². The predicted octanol–water partition coefficient (Wildman–Crippen LogP) is 3.26. The van der Waals surface area contributed by atoms with Crippen LogP contribution in [0.3, 0.4) is 0 Å². The Kier molecular flexibility index (Phi) is 5.20. The average Bonchev–Trinajstić information content (AvgIpc) is 2.82. The Balaban J connectivity index is 1.99. The van der Waals surface area contributed by atoms with Gasteiger partial charge in [0.2, 0.25) is 0 Å². The van der Waals surface area contributed by atoms with Crippen LogP contribution in [-0.4, -0.2) is 15.8 Å². The minimum atomic E-state index is 0.460. The second kappa shape index (κ2) is 6.90. The number of rotatable bonds is 6. The maximum Gasteiger partial charge on any atom is 0.120 e. The van der Waals surface area contributed by atoms with Gasteiger partial charge in [-0.25, -0.2) is 0 Å². The molecule has 1 aromatic carbocycles. The molecule has 20 heavy (non-hydrogen) atoms. The van der Waals surface area contributed by atoms with Gasteiger partial charge in [0.25, 0.3) is 0 Å². The van der Waals surface area contributed by atoms with E-state index in [1.165, 1.54) is 5.56 Å². The average molecular weight is 338 g/mol. The molecule has 0 saturated carbocycles. The number of nitrogens with zero attached hydrogens (tertiary/aromatic N) is 2. The molecule has 0 fully saturated rings.